The van der Waals surface area contributed by atoms with Crippen LogP contribution in [0.4, 0.5) is 11.4 Å². The topological polar surface area (TPSA) is 71.1 Å². The third-order valence-corrected chi connectivity index (χ3v) is 6.59. The predicted molar refractivity (Wildman–Crippen MR) is 146 cm³/mol. The zero-order chi connectivity index (χ0) is 26.2. The van der Waals surface area contributed by atoms with Gasteiger partial charge in [0.15, 0.2) is 6.61 Å². The number of rotatable bonds is 9. The molecule has 0 spiro atoms. The summed E-state index contributed by atoms with van der Waals surface area (Å²) < 4.78 is 10.9. The van der Waals surface area contributed by atoms with E-state index in [4.69, 9.17) is 9.47 Å². The first kappa shape index (κ1) is 26.2. The fourth-order valence-corrected chi connectivity index (χ4v) is 4.38. The minimum Gasteiger partial charge on any atom is -0.484 e. The number of piperazine rings is 1. The molecule has 0 atom stereocenters. The maximum Gasteiger partial charge on any atom is 0.338 e. The minimum absolute atomic E-state index is 0.129. The van der Waals surface area contributed by atoms with E-state index in [1.54, 1.807) is 19.1 Å². The number of esters is 1. The van der Waals surface area contributed by atoms with Gasteiger partial charge in [-0.05, 0) is 67.8 Å². The Hall–Kier alpha value is -3.84. The van der Waals surface area contributed by atoms with Crippen molar-refractivity contribution in [2.24, 2.45) is 0 Å². The quantitative estimate of drug-likeness (QED) is 0.424. The SMILES string of the molecule is CCOC(=O)c1ccc(N2CCN(Cc3ccccc3)CC2)c(NC(=O)COc2ccc(C)c(C)c2)c1. The Labute approximate surface area is 219 Å². The van der Waals surface area contributed by atoms with Gasteiger partial charge >= 0.3 is 5.97 Å². The number of hydrogen-bond donors (Lipinski definition) is 1. The van der Waals surface area contributed by atoms with E-state index in [9.17, 15) is 9.59 Å². The van der Waals surface area contributed by atoms with Crippen LogP contribution >= 0.6 is 0 Å². The van der Waals surface area contributed by atoms with E-state index in [1.165, 1.54) is 11.1 Å². The molecule has 0 unspecified atom stereocenters. The zero-order valence-electron chi connectivity index (χ0n) is 21.8. The molecule has 0 saturated carbocycles. The summed E-state index contributed by atoms with van der Waals surface area (Å²) in [6, 6.07) is 21.5. The van der Waals surface area contributed by atoms with Gasteiger partial charge in [-0.25, -0.2) is 4.79 Å². The number of ether oxygens (including phenoxy) is 2. The summed E-state index contributed by atoms with van der Waals surface area (Å²) in [6.07, 6.45) is 0. The van der Waals surface area contributed by atoms with E-state index < -0.39 is 5.97 Å². The Balaban J connectivity index is 1.44. The lowest BCUT2D eigenvalue weighted by molar-refractivity contribution is -0.118. The largest absolute Gasteiger partial charge is 0.484 e. The zero-order valence-corrected chi connectivity index (χ0v) is 21.8. The van der Waals surface area contributed by atoms with Gasteiger partial charge < -0.3 is 19.7 Å². The van der Waals surface area contributed by atoms with E-state index in [-0.39, 0.29) is 19.1 Å². The van der Waals surface area contributed by atoms with Crippen LogP contribution in [0.15, 0.2) is 66.7 Å². The predicted octanol–water partition coefficient (Wildman–Crippen LogP) is 4.82. The molecule has 1 saturated heterocycles. The van der Waals surface area contributed by atoms with E-state index in [0.717, 1.165) is 44.0 Å². The average Bonchev–Trinajstić information content (AvgIpc) is 2.90. The Morgan fingerprint density at radius 3 is 2.35 bits per heavy atom. The third kappa shape index (κ3) is 7.11. The molecule has 7 heteroatoms. The van der Waals surface area contributed by atoms with Crippen LogP contribution in [0.25, 0.3) is 0 Å². The summed E-state index contributed by atoms with van der Waals surface area (Å²) in [5.41, 5.74) is 5.43. The van der Waals surface area contributed by atoms with Gasteiger partial charge in [0.05, 0.1) is 23.5 Å². The molecule has 4 rings (SSSR count). The Morgan fingerprint density at radius 1 is 0.892 bits per heavy atom. The monoisotopic (exact) mass is 501 g/mol. The standard InChI is InChI=1S/C30H35N3O4/c1-4-36-30(35)25-11-13-28(33-16-14-32(15-17-33)20-24-8-6-5-7-9-24)27(19-25)31-29(34)21-37-26-12-10-22(2)23(3)18-26/h5-13,18-19H,4,14-17,20-21H2,1-3H3,(H,31,34). The van der Waals surface area contributed by atoms with E-state index >= 15 is 0 Å². The smallest absolute Gasteiger partial charge is 0.338 e. The molecule has 1 amide bonds. The van der Waals surface area contributed by atoms with Gasteiger partial charge in [-0.1, -0.05) is 36.4 Å². The molecule has 0 radical (unpaired) electrons. The molecule has 3 aromatic carbocycles. The maximum atomic E-state index is 12.9. The fourth-order valence-electron chi connectivity index (χ4n) is 4.38. The lowest BCUT2D eigenvalue weighted by atomic mass is 10.1. The highest BCUT2D eigenvalue weighted by atomic mass is 16.5. The minimum atomic E-state index is -0.413. The second kappa shape index (κ2) is 12.4. The van der Waals surface area contributed by atoms with Crippen molar-refractivity contribution in [1.29, 1.82) is 0 Å². The van der Waals surface area contributed by atoms with Crippen molar-refractivity contribution in [2.75, 3.05) is 49.6 Å². The second-order valence-corrected chi connectivity index (χ2v) is 9.28. The van der Waals surface area contributed by atoms with E-state index in [1.807, 2.05) is 44.2 Å². The van der Waals surface area contributed by atoms with Crippen molar-refractivity contribution in [1.82, 2.24) is 4.90 Å². The summed E-state index contributed by atoms with van der Waals surface area (Å²) in [4.78, 5) is 29.9. The molecule has 194 valence electrons. The number of hydrogen-bond acceptors (Lipinski definition) is 6. The summed E-state index contributed by atoms with van der Waals surface area (Å²) in [5.74, 6) is -0.0555. The van der Waals surface area contributed by atoms with Crippen molar-refractivity contribution >= 4 is 23.3 Å². The van der Waals surface area contributed by atoms with Gasteiger partial charge in [0.25, 0.3) is 5.91 Å². The molecule has 0 aliphatic carbocycles. The number of nitrogens with one attached hydrogen (secondary N) is 1. The molecule has 1 aliphatic heterocycles. The molecular weight excluding hydrogens is 466 g/mol. The summed E-state index contributed by atoms with van der Waals surface area (Å²) >= 11 is 0. The number of benzene rings is 3. The van der Waals surface area contributed by atoms with Gasteiger partial charge in [0, 0.05) is 32.7 Å². The van der Waals surface area contributed by atoms with Crippen LogP contribution in [0.2, 0.25) is 0 Å². The van der Waals surface area contributed by atoms with Gasteiger partial charge in [-0.2, -0.15) is 0 Å². The lowest BCUT2D eigenvalue weighted by Gasteiger charge is -2.37. The molecule has 0 bridgehead atoms. The van der Waals surface area contributed by atoms with Crippen molar-refractivity contribution in [3.63, 3.8) is 0 Å². The summed E-state index contributed by atoms with van der Waals surface area (Å²) in [5, 5.41) is 2.97. The first-order valence-electron chi connectivity index (χ1n) is 12.7. The van der Waals surface area contributed by atoms with Crippen molar-refractivity contribution < 1.29 is 19.1 Å². The highest BCUT2D eigenvalue weighted by molar-refractivity contribution is 5.98. The number of nitrogens with zero attached hydrogens (tertiary/aromatic N) is 2. The molecular formula is C30H35N3O4. The number of anilines is 2. The van der Waals surface area contributed by atoms with E-state index in [2.05, 4.69) is 39.4 Å². The first-order chi connectivity index (χ1) is 17.9. The van der Waals surface area contributed by atoms with Crippen molar-refractivity contribution in [2.45, 2.75) is 27.3 Å². The normalized spacial score (nSPS) is 13.8. The maximum absolute atomic E-state index is 12.9. The molecule has 1 N–H and O–H groups in total. The van der Waals surface area contributed by atoms with Crippen LogP contribution in [0.3, 0.4) is 0 Å². The number of carbonyl (C=O) groups excluding carboxylic acids is 2. The number of carbonyl (C=O) groups is 2. The molecule has 3 aromatic rings. The van der Waals surface area contributed by atoms with Gasteiger partial charge in [-0.15, -0.1) is 0 Å². The molecule has 37 heavy (non-hydrogen) atoms. The number of aryl methyl sites for hydroxylation is 2. The summed E-state index contributed by atoms with van der Waals surface area (Å²) in [7, 11) is 0. The van der Waals surface area contributed by atoms with Crippen LogP contribution < -0.4 is 15.0 Å². The van der Waals surface area contributed by atoms with Crippen LogP contribution in [-0.4, -0.2) is 56.2 Å². The number of amides is 1. The van der Waals surface area contributed by atoms with Gasteiger partial charge in [-0.3, -0.25) is 9.69 Å². The molecule has 1 fully saturated rings. The first-order valence-corrected chi connectivity index (χ1v) is 12.7. The Morgan fingerprint density at radius 2 is 1.65 bits per heavy atom. The third-order valence-electron chi connectivity index (χ3n) is 6.59. The highest BCUT2D eigenvalue weighted by Crippen LogP contribution is 2.29. The van der Waals surface area contributed by atoms with Crippen molar-refractivity contribution in [3.8, 4) is 5.75 Å². The van der Waals surface area contributed by atoms with Crippen LogP contribution in [0, 0.1) is 13.8 Å². The molecule has 1 aliphatic rings. The lowest BCUT2D eigenvalue weighted by Crippen LogP contribution is -2.46. The van der Waals surface area contributed by atoms with Crippen molar-refractivity contribution in [3.05, 3.63) is 89.0 Å². The molecule has 1 heterocycles. The van der Waals surface area contributed by atoms with Crippen LogP contribution in [0.1, 0.15) is 34.0 Å². The van der Waals surface area contributed by atoms with Gasteiger partial charge in [0.2, 0.25) is 0 Å². The molecule has 7 nitrogen and oxygen atoms in total. The second-order valence-electron chi connectivity index (χ2n) is 9.28. The van der Waals surface area contributed by atoms with Crippen LogP contribution in [0.5, 0.6) is 5.75 Å². The fraction of sp³-hybridized carbons (Fsp3) is 0.333. The highest BCUT2D eigenvalue weighted by Gasteiger charge is 2.22. The molecule has 0 aromatic heterocycles. The van der Waals surface area contributed by atoms with Gasteiger partial charge in [0.1, 0.15) is 5.75 Å². The van der Waals surface area contributed by atoms with E-state index in [0.29, 0.717) is 17.0 Å². The average molecular weight is 502 g/mol. The van der Waals surface area contributed by atoms with Crippen LogP contribution in [-0.2, 0) is 16.1 Å². The summed E-state index contributed by atoms with van der Waals surface area (Å²) in [6.45, 7) is 10.3. The Kier molecular flexibility index (Phi) is 8.80. The Bertz CT molecular complexity index is 1220.